The summed E-state index contributed by atoms with van der Waals surface area (Å²) in [6.07, 6.45) is 9.15. The Labute approximate surface area is 591 Å². The summed E-state index contributed by atoms with van der Waals surface area (Å²) in [5.41, 5.74) is 25.6. The lowest BCUT2D eigenvalue weighted by Gasteiger charge is -2.11. The SMILES string of the molecule is c1cc(-c2cccc(-c3ccc4sc5ccc(-n6c7ccccc7c7ccncc76)cc5c4c3)c2)cc(-c2ccc3oc4ccccc4c3c2)c1.c1cc(-c2cccc(-n3c4ccccc4c4ccccc43)c2)cc(-c2ccc3sc4ccc(-n5c6cccnc6c6ncncc65)cc4c3c2)c1. The molecule has 0 amide bonds. The predicted octanol–water partition coefficient (Wildman–Crippen LogP) is 25.2. The average molecular weight is 1340 g/mol. The van der Waals surface area contributed by atoms with Crippen LogP contribution in [0.15, 0.2) is 339 Å². The van der Waals surface area contributed by atoms with Gasteiger partial charge in [-0.25, -0.2) is 9.97 Å². The molecule has 0 radical (unpaired) electrons. The maximum Gasteiger partial charge on any atom is 0.135 e. The second kappa shape index (κ2) is 23.3. The summed E-state index contributed by atoms with van der Waals surface area (Å²) in [4.78, 5) is 18.1. The molecule has 0 aliphatic carbocycles. The van der Waals surface area contributed by atoms with Crippen LogP contribution < -0.4 is 0 Å². The number of pyridine rings is 2. The van der Waals surface area contributed by atoms with Crippen LogP contribution in [0.1, 0.15) is 0 Å². The number of nitrogens with zero attached hydrogens (tertiary/aromatic N) is 7. The van der Waals surface area contributed by atoms with Crippen LogP contribution in [-0.4, -0.2) is 33.6 Å². The van der Waals surface area contributed by atoms with Crippen LogP contribution in [0.3, 0.4) is 0 Å². The molecule has 0 unspecified atom stereocenters. The van der Waals surface area contributed by atoms with E-state index >= 15 is 0 Å². The van der Waals surface area contributed by atoms with Crippen molar-refractivity contribution in [2.45, 2.75) is 0 Å². The Morgan fingerprint density at radius 2 is 0.637 bits per heavy atom. The third-order valence-electron chi connectivity index (χ3n) is 20.4. The first kappa shape index (κ1) is 57.9. The molecule has 0 spiro atoms. The zero-order chi connectivity index (χ0) is 66.9. The van der Waals surface area contributed by atoms with Gasteiger partial charge in [0.2, 0.25) is 0 Å². The number of aromatic nitrogens is 7. The first-order chi connectivity index (χ1) is 50.5. The van der Waals surface area contributed by atoms with E-state index in [1.165, 1.54) is 134 Å². The average Bonchev–Trinajstić information content (AvgIpc) is 1.59. The van der Waals surface area contributed by atoms with E-state index in [4.69, 9.17) is 4.42 Å². The largest absolute Gasteiger partial charge is 0.456 e. The van der Waals surface area contributed by atoms with Gasteiger partial charge in [-0.05, 0) is 201 Å². The number of para-hydroxylation sites is 4. The number of hydrogen-bond donors (Lipinski definition) is 0. The van der Waals surface area contributed by atoms with E-state index in [2.05, 4.69) is 319 Å². The Bertz CT molecular complexity index is 7020. The number of hydrogen-bond acceptors (Lipinski definition) is 7. The fourth-order valence-corrected chi connectivity index (χ4v) is 17.8. The van der Waals surface area contributed by atoms with Gasteiger partial charge in [-0.1, -0.05) is 158 Å². The van der Waals surface area contributed by atoms with Gasteiger partial charge in [0.25, 0.3) is 0 Å². The molecule has 0 aliphatic rings. The lowest BCUT2D eigenvalue weighted by atomic mass is 9.95. The minimum absolute atomic E-state index is 0.860. The summed E-state index contributed by atoms with van der Waals surface area (Å²) in [5, 5.41) is 12.3. The van der Waals surface area contributed by atoms with Crippen molar-refractivity contribution >= 4 is 151 Å². The maximum absolute atomic E-state index is 6.09. The Kier molecular flexibility index (Phi) is 13.2. The summed E-state index contributed by atoms with van der Waals surface area (Å²) in [6, 6.07) is 110. The number of furan rings is 1. The molecular weight excluding hydrogens is 1280 g/mol. The van der Waals surface area contributed by atoms with Crippen molar-refractivity contribution < 1.29 is 4.42 Å². The minimum Gasteiger partial charge on any atom is -0.456 e. The topological polar surface area (TPSA) is 79.5 Å². The smallest absolute Gasteiger partial charge is 0.135 e. The second-order valence-corrected chi connectivity index (χ2v) is 28.3. The third kappa shape index (κ3) is 9.42. The summed E-state index contributed by atoms with van der Waals surface area (Å²) in [7, 11) is 0. The predicted molar refractivity (Wildman–Crippen MR) is 427 cm³/mol. The molecule has 476 valence electrons. The van der Waals surface area contributed by atoms with Gasteiger partial charge < -0.3 is 18.1 Å². The monoisotopic (exact) mass is 1340 g/mol. The molecule has 102 heavy (non-hydrogen) atoms. The molecule has 8 nitrogen and oxygen atoms in total. The van der Waals surface area contributed by atoms with E-state index in [1.54, 1.807) is 6.33 Å². The fourth-order valence-electron chi connectivity index (χ4n) is 15.7. The van der Waals surface area contributed by atoms with Crippen molar-refractivity contribution in [3.8, 4) is 72.7 Å². The summed E-state index contributed by atoms with van der Waals surface area (Å²) < 4.78 is 18.1. The van der Waals surface area contributed by atoms with Gasteiger partial charge in [0.15, 0.2) is 0 Å². The molecule has 0 saturated heterocycles. The highest BCUT2D eigenvalue weighted by molar-refractivity contribution is 7.26. The van der Waals surface area contributed by atoms with Crippen LogP contribution in [0.2, 0.25) is 0 Å². The quantitative estimate of drug-likeness (QED) is 0.151. The van der Waals surface area contributed by atoms with Crippen LogP contribution in [0.25, 0.3) is 201 Å². The normalized spacial score (nSPS) is 11.9. The highest BCUT2D eigenvalue weighted by Crippen LogP contribution is 2.44. The van der Waals surface area contributed by atoms with Gasteiger partial charge in [0.05, 0.1) is 45.5 Å². The first-order valence-corrected chi connectivity index (χ1v) is 35.8. The Balaban J connectivity index is 0.000000133. The van der Waals surface area contributed by atoms with Gasteiger partial charge in [-0.3, -0.25) is 9.97 Å². The van der Waals surface area contributed by atoms with Crippen LogP contribution in [0.4, 0.5) is 0 Å². The highest BCUT2D eigenvalue weighted by Gasteiger charge is 2.20. The van der Waals surface area contributed by atoms with Gasteiger partial charge in [-0.2, -0.15) is 0 Å². The Morgan fingerprint density at radius 1 is 0.235 bits per heavy atom. The molecule has 22 rings (SSSR count). The first-order valence-electron chi connectivity index (χ1n) is 34.2. The number of benzene rings is 13. The molecule has 0 fully saturated rings. The number of fused-ring (bicyclic) bond motifs is 18. The van der Waals surface area contributed by atoms with Crippen LogP contribution in [-0.2, 0) is 0 Å². The van der Waals surface area contributed by atoms with E-state index in [0.717, 1.165) is 66.6 Å². The van der Waals surface area contributed by atoms with Crippen molar-refractivity contribution in [3.63, 3.8) is 0 Å². The number of rotatable bonds is 8. The summed E-state index contributed by atoms with van der Waals surface area (Å²) in [6.45, 7) is 0. The van der Waals surface area contributed by atoms with Crippen LogP contribution >= 0.6 is 22.7 Å². The molecule has 13 aromatic carbocycles. The van der Waals surface area contributed by atoms with Crippen molar-refractivity contribution in [2.75, 3.05) is 0 Å². The minimum atomic E-state index is 0.860. The lowest BCUT2D eigenvalue weighted by Crippen LogP contribution is -1.94. The maximum atomic E-state index is 6.09. The van der Waals surface area contributed by atoms with E-state index < -0.39 is 0 Å². The zero-order valence-corrected chi connectivity index (χ0v) is 56.2. The molecule has 0 N–H and O–H groups in total. The third-order valence-corrected chi connectivity index (χ3v) is 22.7. The van der Waals surface area contributed by atoms with Gasteiger partial charge in [0, 0.05) is 102 Å². The molecule has 0 bridgehead atoms. The fraction of sp³-hybridized carbons (Fsp3) is 0. The molecule has 0 aliphatic heterocycles. The van der Waals surface area contributed by atoms with E-state index in [0.29, 0.717) is 0 Å². The van der Waals surface area contributed by atoms with E-state index in [1.807, 2.05) is 65.7 Å². The van der Waals surface area contributed by atoms with Crippen LogP contribution in [0, 0.1) is 0 Å². The Hall–Kier alpha value is -13.1. The second-order valence-electron chi connectivity index (χ2n) is 26.2. The Morgan fingerprint density at radius 3 is 1.22 bits per heavy atom. The highest BCUT2D eigenvalue weighted by atomic mass is 32.1. The van der Waals surface area contributed by atoms with Crippen molar-refractivity contribution in [1.29, 1.82) is 0 Å². The van der Waals surface area contributed by atoms with Crippen molar-refractivity contribution in [3.05, 3.63) is 334 Å². The van der Waals surface area contributed by atoms with E-state index in [9.17, 15) is 0 Å². The van der Waals surface area contributed by atoms with Gasteiger partial charge in [-0.15, -0.1) is 22.7 Å². The van der Waals surface area contributed by atoms with Crippen molar-refractivity contribution in [2.24, 2.45) is 0 Å². The van der Waals surface area contributed by atoms with Crippen molar-refractivity contribution in [1.82, 2.24) is 33.6 Å². The molecule has 9 heterocycles. The lowest BCUT2D eigenvalue weighted by molar-refractivity contribution is 0.669. The molecule has 9 aromatic heterocycles. The molecular formula is C92H55N7OS2. The molecule has 0 saturated carbocycles. The summed E-state index contributed by atoms with van der Waals surface area (Å²) >= 11 is 3.68. The van der Waals surface area contributed by atoms with Gasteiger partial charge in [0.1, 0.15) is 28.5 Å². The molecule has 0 atom stereocenters. The standard InChI is InChI=1S/C47H28N2OS.C45H27N5S/c1-3-13-42-36(11-1)37-21-22-48-28-43(37)49(42)35-17-20-47-41(27-35)40-26-34(16-19-46(40)51-47)32-10-6-8-30(24-32)29-7-5-9-31(23-29)33-15-18-45-39(25-33)38-12-2-4-14-44(38)50-45;1-3-14-38-34(12-1)35-13-2-4-15-39(35)49(38)32-11-6-10-30(23-32)28-8-5-9-29(22-28)31-17-19-42-36(24-31)37-25-33(18-20-43(37)51-42)50-40-16-7-21-47-44(40)45-41(50)26-46-27-48-45/h1-28H;1-27H. The van der Waals surface area contributed by atoms with Gasteiger partial charge >= 0.3 is 0 Å². The molecule has 22 aromatic rings. The van der Waals surface area contributed by atoms with Crippen LogP contribution in [0.5, 0.6) is 0 Å². The summed E-state index contributed by atoms with van der Waals surface area (Å²) in [5.74, 6) is 0. The molecule has 10 heteroatoms. The zero-order valence-electron chi connectivity index (χ0n) is 54.6. The van der Waals surface area contributed by atoms with E-state index in [-0.39, 0.29) is 0 Å². The number of thiophene rings is 2.